The van der Waals surface area contributed by atoms with Crippen LogP contribution in [0, 0.1) is 0 Å². The maximum absolute atomic E-state index is 5.84. The summed E-state index contributed by atoms with van der Waals surface area (Å²) >= 11 is 0. The van der Waals surface area contributed by atoms with Crippen molar-refractivity contribution in [3.8, 4) is 0 Å². The molecule has 2 N–H and O–H groups in total. The van der Waals surface area contributed by atoms with Crippen LogP contribution in [-0.4, -0.2) is 30.6 Å². The lowest BCUT2D eigenvalue weighted by atomic mass is 10.1. The lowest BCUT2D eigenvalue weighted by Crippen LogP contribution is -2.39. The molecule has 0 bridgehead atoms. The van der Waals surface area contributed by atoms with Crippen LogP contribution in [0.3, 0.4) is 0 Å². The van der Waals surface area contributed by atoms with E-state index in [0.717, 1.165) is 25.9 Å². The lowest BCUT2D eigenvalue weighted by Gasteiger charge is -2.33. The van der Waals surface area contributed by atoms with Crippen LogP contribution in [0.15, 0.2) is 24.1 Å². The van der Waals surface area contributed by atoms with Gasteiger partial charge in [0.2, 0.25) is 0 Å². The third kappa shape index (κ3) is 2.04. The Kier molecular flexibility index (Phi) is 2.54. The molecule has 2 aliphatic rings. The van der Waals surface area contributed by atoms with Gasteiger partial charge in [-0.15, -0.1) is 0 Å². The second kappa shape index (κ2) is 3.83. The summed E-state index contributed by atoms with van der Waals surface area (Å²) < 4.78 is 5.10. The van der Waals surface area contributed by atoms with Crippen LogP contribution in [0.5, 0.6) is 0 Å². The van der Waals surface area contributed by atoms with Gasteiger partial charge in [-0.2, -0.15) is 0 Å². The predicted molar refractivity (Wildman–Crippen MR) is 52.0 cm³/mol. The Bertz CT molecular complexity index is 227. The third-order valence-electron chi connectivity index (χ3n) is 2.63. The van der Waals surface area contributed by atoms with Crippen molar-refractivity contribution < 1.29 is 4.74 Å². The Balaban J connectivity index is 1.94. The molecule has 0 unspecified atom stereocenters. The van der Waals surface area contributed by atoms with Crippen LogP contribution in [0.4, 0.5) is 0 Å². The van der Waals surface area contributed by atoms with Crippen LogP contribution in [-0.2, 0) is 4.74 Å². The number of ether oxygens (including phenoxy) is 1. The second-order valence-corrected chi connectivity index (χ2v) is 3.59. The molecule has 0 aromatic heterocycles. The van der Waals surface area contributed by atoms with Gasteiger partial charge < -0.3 is 15.4 Å². The maximum Gasteiger partial charge on any atom is 0.108 e. The fourth-order valence-electron chi connectivity index (χ4n) is 1.77. The molecule has 2 heterocycles. The predicted octanol–water partition coefficient (Wildman–Crippen LogP) is 0.837. The molecule has 1 saturated heterocycles. The van der Waals surface area contributed by atoms with Crippen molar-refractivity contribution in [2.75, 3.05) is 19.7 Å². The topological polar surface area (TPSA) is 38.5 Å². The molecule has 2 aliphatic heterocycles. The van der Waals surface area contributed by atoms with Crippen molar-refractivity contribution in [3.63, 3.8) is 0 Å². The number of piperidine rings is 1. The first-order chi connectivity index (χ1) is 6.36. The highest BCUT2D eigenvalue weighted by Crippen LogP contribution is 2.16. The van der Waals surface area contributed by atoms with Crippen LogP contribution in [0.25, 0.3) is 0 Å². The van der Waals surface area contributed by atoms with Crippen molar-refractivity contribution in [2.24, 2.45) is 5.73 Å². The van der Waals surface area contributed by atoms with Crippen LogP contribution in [0.1, 0.15) is 12.8 Å². The summed E-state index contributed by atoms with van der Waals surface area (Å²) in [6, 6.07) is 0.403. The number of rotatable bonds is 1. The first-order valence-corrected chi connectivity index (χ1v) is 4.85. The number of nitrogens with zero attached hydrogens (tertiary/aromatic N) is 1. The zero-order chi connectivity index (χ0) is 9.10. The minimum Gasteiger partial charge on any atom is -0.497 e. The smallest absolute Gasteiger partial charge is 0.108 e. The molecule has 0 radical (unpaired) electrons. The highest BCUT2D eigenvalue weighted by atomic mass is 16.5. The maximum atomic E-state index is 5.84. The van der Waals surface area contributed by atoms with E-state index >= 15 is 0 Å². The van der Waals surface area contributed by atoms with E-state index in [9.17, 15) is 0 Å². The molecule has 0 spiro atoms. The Hall–Kier alpha value is -0.960. The highest BCUT2D eigenvalue weighted by Gasteiger charge is 2.17. The fourth-order valence-corrected chi connectivity index (χ4v) is 1.77. The normalized spacial score (nSPS) is 24.1. The Morgan fingerprint density at radius 1 is 1.38 bits per heavy atom. The quantitative estimate of drug-likeness (QED) is 0.649. The summed E-state index contributed by atoms with van der Waals surface area (Å²) in [5, 5.41) is 0. The van der Waals surface area contributed by atoms with Gasteiger partial charge in [-0.1, -0.05) is 0 Å². The zero-order valence-electron chi connectivity index (χ0n) is 7.78. The summed E-state index contributed by atoms with van der Waals surface area (Å²) in [7, 11) is 0. The highest BCUT2D eigenvalue weighted by molar-refractivity contribution is 5.19. The molecule has 72 valence electrons. The van der Waals surface area contributed by atoms with Crippen LogP contribution < -0.4 is 5.73 Å². The van der Waals surface area contributed by atoms with Gasteiger partial charge in [0.1, 0.15) is 6.61 Å². The summed E-state index contributed by atoms with van der Waals surface area (Å²) in [5.41, 5.74) is 7.13. The van der Waals surface area contributed by atoms with E-state index < -0.39 is 0 Å². The molecular formula is C10H16N2O. The minimum absolute atomic E-state index is 0.403. The molecule has 0 aliphatic carbocycles. The second-order valence-electron chi connectivity index (χ2n) is 3.59. The summed E-state index contributed by atoms with van der Waals surface area (Å²) in [6.07, 6.45) is 8.12. The summed E-state index contributed by atoms with van der Waals surface area (Å²) in [4.78, 5) is 2.38. The molecule has 0 aromatic carbocycles. The van der Waals surface area contributed by atoms with Gasteiger partial charge in [-0.25, -0.2) is 0 Å². The largest absolute Gasteiger partial charge is 0.497 e. The number of hydrogen-bond acceptors (Lipinski definition) is 3. The van der Waals surface area contributed by atoms with Crippen molar-refractivity contribution in [2.45, 2.75) is 18.9 Å². The van der Waals surface area contributed by atoms with E-state index in [1.807, 2.05) is 6.08 Å². The first kappa shape index (κ1) is 8.63. The standard InChI is InChI=1S/C10H16N2O/c11-9-1-5-12(6-2-9)10-3-7-13-8-4-10/h3-4,7,9H,1-2,5-6,8,11H2. The number of allylic oxidation sites excluding steroid dienone is 1. The molecular weight excluding hydrogens is 164 g/mol. The monoisotopic (exact) mass is 180 g/mol. The minimum atomic E-state index is 0.403. The molecule has 2 rings (SSSR count). The third-order valence-corrected chi connectivity index (χ3v) is 2.63. The van der Waals surface area contributed by atoms with E-state index in [2.05, 4.69) is 11.0 Å². The Morgan fingerprint density at radius 2 is 2.15 bits per heavy atom. The van der Waals surface area contributed by atoms with Gasteiger partial charge in [0.05, 0.1) is 6.26 Å². The molecule has 3 nitrogen and oxygen atoms in total. The van der Waals surface area contributed by atoms with Gasteiger partial charge in [0, 0.05) is 24.8 Å². The van der Waals surface area contributed by atoms with Crippen molar-refractivity contribution in [3.05, 3.63) is 24.1 Å². The average Bonchev–Trinajstić information content (AvgIpc) is 2.20. The number of hydrogen-bond donors (Lipinski definition) is 1. The SMILES string of the molecule is NC1CCN(C2=CCOC=C2)CC1. The van der Waals surface area contributed by atoms with Crippen molar-refractivity contribution in [1.82, 2.24) is 4.90 Å². The lowest BCUT2D eigenvalue weighted by molar-refractivity contribution is 0.245. The van der Waals surface area contributed by atoms with Crippen molar-refractivity contribution >= 4 is 0 Å². The van der Waals surface area contributed by atoms with Gasteiger partial charge in [0.15, 0.2) is 0 Å². The number of nitrogens with two attached hydrogens (primary N) is 1. The van der Waals surface area contributed by atoms with Crippen LogP contribution in [0.2, 0.25) is 0 Å². The Labute approximate surface area is 78.8 Å². The molecule has 0 saturated carbocycles. The van der Waals surface area contributed by atoms with E-state index in [1.54, 1.807) is 6.26 Å². The van der Waals surface area contributed by atoms with Crippen LogP contribution >= 0.6 is 0 Å². The number of likely N-dealkylation sites (tertiary alicyclic amines) is 1. The average molecular weight is 180 g/mol. The van der Waals surface area contributed by atoms with E-state index in [1.165, 1.54) is 5.70 Å². The summed E-state index contributed by atoms with van der Waals surface area (Å²) in [6.45, 7) is 2.86. The summed E-state index contributed by atoms with van der Waals surface area (Å²) in [5.74, 6) is 0. The fraction of sp³-hybridized carbons (Fsp3) is 0.600. The zero-order valence-corrected chi connectivity index (χ0v) is 7.78. The molecule has 1 fully saturated rings. The molecule has 13 heavy (non-hydrogen) atoms. The van der Waals surface area contributed by atoms with Gasteiger partial charge in [-0.05, 0) is 25.0 Å². The van der Waals surface area contributed by atoms with E-state index in [4.69, 9.17) is 10.5 Å². The van der Waals surface area contributed by atoms with Gasteiger partial charge in [-0.3, -0.25) is 0 Å². The van der Waals surface area contributed by atoms with E-state index in [0.29, 0.717) is 12.6 Å². The van der Waals surface area contributed by atoms with Crippen molar-refractivity contribution in [1.29, 1.82) is 0 Å². The first-order valence-electron chi connectivity index (χ1n) is 4.85. The molecule has 0 atom stereocenters. The van der Waals surface area contributed by atoms with Gasteiger partial charge >= 0.3 is 0 Å². The molecule has 3 heteroatoms. The molecule has 0 aromatic rings. The van der Waals surface area contributed by atoms with E-state index in [-0.39, 0.29) is 0 Å². The Morgan fingerprint density at radius 3 is 2.77 bits per heavy atom. The van der Waals surface area contributed by atoms with Gasteiger partial charge in [0.25, 0.3) is 0 Å². The molecule has 0 amide bonds.